The molecule has 12 aromatic rings. The average molecular weight is 858 g/mol. The van der Waals surface area contributed by atoms with Crippen molar-refractivity contribution in [2.24, 2.45) is 0 Å². The van der Waals surface area contributed by atoms with Gasteiger partial charge in [0.25, 0.3) is 0 Å². The Hall–Kier alpha value is -8.30. The fraction of sp³-hybridized carbons (Fsp3) is 0. The first-order valence-corrected chi connectivity index (χ1v) is 23.4. The van der Waals surface area contributed by atoms with Crippen LogP contribution in [-0.2, 0) is 0 Å². The van der Waals surface area contributed by atoms with E-state index in [1.807, 2.05) is 11.3 Å². The van der Waals surface area contributed by atoms with E-state index in [0.717, 1.165) is 17.1 Å². The highest BCUT2D eigenvalue weighted by Gasteiger charge is 2.16. The minimum atomic E-state index is 1.10. The highest BCUT2D eigenvalue weighted by atomic mass is 32.1. The van der Waals surface area contributed by atoms with Gasteiger partial charge in [0.1, 0.15) is 0 Å². The van der Waals surface area contributed by atoms with Gasteiger partial charge < -0.3 is 4.90 Å². The molecule has 12 rings (SSSR count). The molecule has 0 spiro atoms. The summed E-state index contributed by atoms with van der Waals surface area (Å²) in [7, 11) is 0. The van der Waals surface area contributed by atoms with E-state index >= 15 is 0 Å². The van der Waals surface area contributed by atoms with Gasteiger partial charge in [-0.1, -0.05) is 200 Å². The second-order valence-corrected chi connectivity index (χ2v) is 18.0. The van der Waals surface area contributed by atoms with Gasteiger partial charge in [0.15, 0.2) is 0 Å². The van der Waals surface area contributed by atoms with Gasteiger partial charge in [-0.2, -0.15) is 0 Å². The lowest BCUT2D eigenvalue weighted by Crippen LogP contribution is -2.09. The summed E-state index contributed by atoms with van der Waals surface area (Å²) in [4.78, 5) is 2.36. The van der Waals surface area contributed by atoms with Crippen molar-refractivity contribution in [2.45, 2.75) is 0 Å². The number of thiophene rings is 1. The Labute approximate surface area is 389 Å². The summed E-state index contributed by atoms with van der Waals surface area (Å²) in [6.45, 7) is 0. The third-order valence-electron chi connectivity index (χ3n) is 12.9. The van der Waals surface area contributed by atoms with Crippen LogP contribution in [0.3, 0.4) is 0 Å². The number of nitrogens with zero attached hydrogens (tertiary/aromatic N) is 1. The molecular weight excluding hydrogens is 815 g/mol. The molecule has 1 aromatic heterocycles. The van der Waals surface area contributed by atoms with Crippen LogP contribution in [0.5, 0.6) is 0 Å². The number of rotatable bonds is 9. The lowest BCUT2D eigenvalue weighted by atomic mass is 9.96. The Kier molecular flexibility index (Phi) is 10.1. The lowest BCUT2D eigenvalue weighted by Gasteiger charge is -2.26. The van der Waals surface area contributed by atoms with Crippen LogP contribution < -0.4 is 4.90 Å². The zero-order chi connectivity index (χ0) is 43.8. The Balaban J connectivity index is 0.860. The normalized spacial score (nSPS) is 11.3. The van der Waals surface area contributed by atoms with Crippen LogP contribution in [0.2, 0.25) is 0 Å². The summed E-state index contributed by atoms with van der Waals surface area (Å²) in [5.41, 5.74) is 17.8. The summed E-state index contributed by atoms with van der Waals surface area (Å²) in [6, 6.07) is 95.0. The number of fused-ring (bicyclic) bond motifs is 4. The van der Waals surface area contributed by atoms with E-state index in [4.69, 9.17) is 0 Å². The fourth-order valence-corrected chi connectivity index (χ4v) is 10.7. The van der Waals surface area contributed by atoms with Crippen molar-refractivity contribution in [3.63, 3.8) is 0 Å². The van der Waals surface area contributed by atoms with Crippen LogP contribution in [0.15, 0.2) is 261 Å². The molecule has 0 bridgehead atoms. The Bertz CT molecular complexity index is 3660. The highest BCUT2D eigenvalue weighted by molar-refractivity contribution is 7.26. The predicted octanol–water partition coefficient (Wildman–Crippen LogP) is 18.7. The SMILES string of the molecule is c1ccc(-c2cccc(-c3ccc(N(c4ccc(-c5ccc(-c6cccc(-c7ccc8ccccc8c7)c6)cc5)cc4)c4ccc(-c5cccc6c5sc5ccccc56)cc4)cc3)c2)cc1. The Morgan fingerprint density at radius 2 is 0.636 bits per heavy atom. The summed E-state index contributed by atoms with van der Waals surface area (Å²) >= 11 is 1.87. The third kappa shape index (κ3) is 7.54. The molecule has 0 unspecified atom stereocenters. The van der Waals surface area contributed by atoms with Crippen molar-refractivity contribution < 1.29 is 0 Å². The minimum Gasteiger partial charge on any atom is -0.311 e. The molecule has 0 aliphatic heterocycles. The van der Waals surface area contributed by atoms with E-state index in [9.17, 15) is 0 Å². The minimum absolute atomic E-state index is 1.10. The summed E-state index contributed by atoms with van der Waals surface area (Å²) in [5, 5.41) is 5.15. The molecule has 310 valence electrons. The van der Waals surface area contributed by atoms with Crippen LogP contribution >= 0.6 is 11.3 Å². The summed E-state index contributed by atoms with van der Waals surface area (Å²) in [6.07, 6.45) is 0. The van der Waals surface area contributed by atoms with Crippen LogP contribution in [0.1, 0.15) is 0 Å². The number of hydrogen-bond donors (Lipinski definition) is 0. The van der Waals surface area contributed by atoms with E-state index in [-0.39, 0.29) is 0 Å². The fourth-order valence-electron chi connectivity index (χ4n) is 9.43. The standard InChI is InChI=1S/C64H43NS/c1-2-11-44(12-3-1)52-15-8-16-53(41-52)49-31-37-58(38-32-49)65(59-39-33-50(34-40-59)60-20-10-21-62-61-19-6-7-22-63(61)66-64(60)62)57-35-29-47(30-36-57)46-23-25-48(26-24-46)54-17-9-18-55(42-54)56-28-27-45-13-4-5-14-51(45)43-56/h1-43H. The number of anilines is 3. The Morgan fingerprint density at radius 3 is 1.24 bits per heavy atom. The lowest BCUT2D eigenvalue weighted by molar-refractivity contribution is 1.28. The van der Waals surface area contributed by atoms with Gasteiger partial charge in [0.2, 0.25) is 0 Å². The first-order valence-electron chi connectivity index (χ1n) is 22.6. The molecule has 0 saturated heterocycles. The zero-order valence-corrected chi connectivity index (χ0v) is 37.0. The summed E-state index contributed by atoms with van der Waals surface area (Å²) in [5.74, 6) is 0. The van der Waals surface area contributed by atoms with Crippen LogP contribution in [-0.4, -0.2) is 0 Å². The van der Waals surface area contributed by atoms with Crippen molar-refractivity contribution >= 4 is 59.3 Å². The smallest absolute Gasteiger partial charge is 0.0462 e. The van der Waals surface area contributed by atoms with Crippen molar-refractivity contribution in [1.82, 2.24) is 0 Å². The van der Waals surface area contributed by atoms with E-state index in [0.29, 0.717) is 0 Å². The maximum atomic E-state index is 2.36. The van der Waals surface area contributed by atoms with Crippen LogP contribution in [0.25, 0.3) is 97.7 Å². The number of hydrogen-bond acceptors (Lipinski definition) is 2. The second-order valence-electron chi connectivity index (χ2n) is 16.9. The molecular formula is C64H43NS. The predicted molar refractivity (Wildman–Crippen MR) is 284 cm³/mol. The van der Waals surface area contributed by atoms with Crippen LogP contribution in [0.4, 0.5) is 17.1 Å². The largest absolute Gasteiger partial charge is 0.311 e. The molecule has 0 aliphatic rings. The molecule has 66 heavy (non-hydrogen) atoms. The maximum Gasteiger partial charge on any atom is 0.0462 e. The van der Waals surface area contributed by atoms with E-state index in [1.54, 1.807) is 0 Å². The van der Waals surface area contributed by atoms with Gasteiger partial charge in [-0.15, -0.1) is 11.3 Å². The Morgan fingerprint density at radius 1 is 0.242 bits per heavy atom. The third-order valence-corrected chi connectivity index (χ3v) is 14.1. The highest BCUT2D eigenvalue weighted by Crippen LogP contribution is 2.42. The van der Waals surface area contributed by atoms with Gasteiger partial charge in [0, 0.05) is 37.2 Å². The molecule has 0 fully saturated rings. The number of benzene rings is 11. The topological polar surface area (TPSA) is 3.24 Å². The van der Waals surface area contributed by atoms with Gasteiger partial charge in [-0.25, -0.2) is 0 Å². The molecule has 0 aliphatic carbocycles. The van der Waals surface area contributed by atoms with Gasteiger partial charge in [-0.3, -0.25) is 0 Å². The van der Waals surface area contributed by atoms with E-state index in [1.165, 1.54) is 97.7 Å². The molecule has 11 aromatic carbocycles. The molecule has 0 N–H and O–H groups in total. The molecule has 0 atom stereocenters. The molecule has 1 heterocycles. The van der Waals surface area contributed by atoms with E-state index in [2.05, 4.69) is 266 Å². The van der Waals surface area contributed by atoms with Crippen LogP contribution in [0, 0.1) is 0 Å². The van der Waals surface area contributed by atoms with Crippen molar-refractivity contribution in [3.05, 3.63) is 261 Å². The van der Waals surface area contributed by atoms with Crippen molar-refractivity contribution in [3.8, 4) is 66.8 Å². The average Bonchev–Trinajstić information content (AvgIpc) is 3.79. The molecule has 0 radical (unpaired) electrons. The van der Waals surface area contributed by atoms with Gasteiger partial charge in [0.05, 0.1) is 0 Å². The molecule has 1 nitrogen and oxygen atoms in total. The first-order chi connectivity index (χ1) is 32.7. The van der Waals surface area contributed by atoms with Crippen molar-refractivity contribution in [1.29, 1.82) is 0 Å². The van der Waals surface area contributed by atoms with Gasteiger partial charge in [-0.05, 0) is 138 Å². The maximum absolute atomic E-state index is 2.36. The second kappa shape index (κ2) is 17.0. The quantitative estimate of drug-likeness (QED) is 0.140. The monoisotopic (exact) mass is 857 g/mol. The van der Waals surface area contributed by atoms with Crippen molar-refractivity contribution in [2.75, 3.05) is 4.90 Å². The molecule has 0 amide bonds. The summed E-state index contributed by atoms with van der Waals surface area (Å²) < 4.78 is 2.65. The van der Waals surface area contributed by atoms with E-state index < -0.39 is 0 Å². The first kappa shape index (κ1) is 39.3. The van der Waals surface area contributed by atoms with Gasteiger partial charge >= 0.3 is 0 Å². The zero-order valence-electron chi connectivity index (χ0n) is 36.2. The molecule has 0 saturated carbocycles. The molecule has 2 heteroatoms.